The van der Waals surface area contributed by atoms with Gasteiger partial charge in [-0.2, -0.15) is 0 Å². The molecule has 0 aliphatic heterocycles. The molecule has 0 spiro atoms. The third kappa shape index (κ3) is 14.0. The number of ether oxygens (including phenoxy) is 4. The summed E-state index contributed by atoms with van der Waals surface area (Å²) in [7, 11) is 3.30. The molecule has 0 saturated carbocycles. The summed E-state index contributed by atoms with van der Waals surface area (Å²) in [4.78, 5) is 39.4. The van der Waals surface area contributed by atoms with Gasteiger partial charge in [0.05, 0.1) is 11.2 Å². The first kappa shape index (κ1) is 67.3. The van der Waals surface area contributed by atoms with Crippen LogP contribution in [0.3, 0.4) is 0 Å². The molecule has 0 aromatic carbocycles. The van der Waals surface area contributed by atoms with Crippen LogP contribution in [0.5, 0.6) is 0 Å². The molecule has 0 saturated heterocycles. The molecule has 0 fully saturated rings. The molecule has 0 bridgehead atoms. The predicted octanol–water partition coefficient (Wildman–Crippen LogP) is 10.9. The minimum Gasteiger partial charge on any atom is -0.459 e. The van der Waals surface area contributed by atoms with Gasteiger partial charge in [-0.3, -0.25) is 9.59 Å². The van der Waals surface area contributed by atoms with Crippen LogP contribution >= 0.6 is 0 Å². The third-order valence-corrected chi connectivity index (χ3v) is 8.78. The highest BCUT2D eigenvalue weighted by Gasteiger charge is 2.55. The first-order valence-electron chi connectivity index (χ1n) is 11.4. The van der Waals surface area contributed by atoms with Crippen molar-refractivity contribution in [3.8, 4) is 0 Å². The molecule has 8 nitrogen and oxygen atoms in total. The molecule has 2 unspecified atom stereocenters. The average molecular weight is 605 g/mol. The van der Waals surface area contributed by atoms with Gasteiger partial charge in [0.15, 0.2) is 0 Å². The predicted molar refractivity (Wildman–Crippen MR) is 185 cm³/mol. The average Bonchev–Trinajstić information content (AvgIpc) is 2.71. The molecular weight excluding hydrogens is 524 g/mol. The standard InChI is InChI=1S/C25H48O6.8CH4.O2/c1-15-24(11,20(3,4)28-13)22(7,8)30-18(26)17-19(27)31-23(9,10)25(12,16-2)21(5,6)29-14;;;;;;;;;1-2/h15-17H2,1-14H3;8*1H4;. The number of esters is 2. The zero-order chi connectivity index (χ0) is 27.1. The van der Waals surface area contributed by atoms with Crippen molar-refractivity contribution in [2.24, 2.45) is 10.8 Å². The topological polar surface area (TPSA) is 105 Å². The van der Waals surface area contributed by atoms with Crippen molar-refractivity contribution < 1.29 is 28.5 Å². The number of carbonyl (C=O) groups is 2. The number of methoxy groups -OCH3 is 2. The molecule has 0 aromatic rings. The van der Waals surface area contributed by atoms with Gasteiger partial charge in [0.1, 0.15) is 17.6 Å². The van der Waals surface area contributed by atoms with E-state index >= 15 is 0 Å². The Morgan fingerprint density at radius 3 is 0.805 bits per heavy atom. The zero-order valence-electron chi connectivity index (χ0n) is 23.4. The number of hydrogen-bond donors (Lipinski definition) is 0. The molecule has 0 amide bonds. The van der Waals surface area contributed by atoms with Gasteiger partial charge in [0, 0.05) is 35.0 Å². The third-order valence-electron chi connectivity index (χ3n) is 8.78. The highest BCUT2D eigenvalue weighted by Crippen LogP contribution is 2.49. The van der Waals surface area contributed by atoms with Gasteiger partial charge in [-0.05, 0) is 68.2 Å². The van der Waals surface area contributed by atoms with E-state index in [1.54, 1.807) is 14.2 Å². The van der Waals surface area contributed by atoms with Crippen LogP contribution in [-0.4, -0.2) is 48.6 Å². The van der Waals surface area contributed by atoms with E-state index in [4.69, 9.17) is 28.9 Å². The van der Waals surface area contributed by atoms with Crippen LogP contribution in [0.1, 0.15) is 162 Å². The number of hydrogen-bond acceptors (Lipinski definition) is 8. The van der Waals surface area contributed by atoms with Crippen LogP contribution in [0, 0.1) is 20.8 Å². The van der Waals surface area contributed by atoms with E-state index in [1.165, 1.54) is 0 Å². The van der Waals surface area contributed by atoms with Crippen molar-refractivity contribution in [2.45, 2.75) is 184 Å². The van der Waals surface area contributed by atoms with E-state index < -0.39 is 51.6 Å². The summed E-state index contributed by atoms with van der Waals surface area (Å²) >= 11 is 0. The second-order valence-electron chi connectivity index (χ2n) is 10.9. The zero-order valence-corrected chi connectivity index (χ0v) is 23.4. The molecule has 260 valence electrons. The lowest BCUT2D eigenvalue weighted by atomic mass is 9.63. The van der Waals surface area contributed by atoms with Gasteiger partial charge >= 0.3 is 11.9 Å². The Hall–Kier alpha value is -1.54. The summed E-state index contributed by atoms with van der Waals surface area (Å²) in [5.41, 5.74) is -3.74. The Kier molecular flexibility index (Phi) is 39.3. The Balaban J connectivity index is -0.000000117. The summed E-state index contributed by atoms with van der Waals surface area (Å²) in [5.74, 6) is -1.22. The van der Waals surface area contributed by atoms with Crippen LogP contribution in [0.15, 0.2) is 0 Å². The van der Waals surface area contributed by atoms with Crippen LogP contribution in [0.4, 0.5) is 0 Å². The molecule has 2 atom stereocenters. The van der Waals surface area contributed by atoms with Crippen molar-refractivity contribution >= 4 is 11.9 Å². The Morgan fingerprint density at radius 2 is 0.659 bits per heavy atom. The molecule has 0 aliphatic rings. The normalized spacial score (nSPS) is 13.3. The van der Waals surface area contributed by atoms with E-state index in [9.17, 15) is 9.59 Å². The van der Waals surface area contributed by atoms with Crippen molar-refractivity contribution in [1.29, 1.82) is 0 Å². The fourth-order valence-electron chi connectivity index (χ4n) is 4.59. The fraction of sp³-hybridized carbons (Fsp3) is 0.939. The van der Waals surface area contributed by atoms with E-state index in [1.807, 2.05) is 83.1 Å². The van der Waals surface area contributed by atoms with Gasteiger partial charge in [-0.25, -0.2) is 0 Å². The van der Waals surface area contributed by atoms with E-state index in [2.05, 4.69) is 0 Å². The summed E-state index contributed by atoms with van der Waals surface area (Å²) < 4.78 is 23.1. The maximum Gasteiger partial charge on any atom is 0.317 e. The smallest absolute Gasteiger partial charge is 0.317 e. The van der Waals surface area contributed by atoms with Crippen LogP contribution in [0.25, 0.3) is 0 Å². The molecular formula is C33H80O8. The lowest BCUT2D eigenvalue weighted by Gasteiger charge is -2.52. The van der Waals surface area contributed by atoms with Gasteiger partial charge < -0.3 is 18.9 Å². The second-order valence-corrected chi connectivity index (χ2v) is 10.9. The Morgan fingerprint density at radius 1 is 0.463 bits per heavy atom. The highest BCUT2D eigenvalue weighted by molar-refractivity contribution is 5.91. The Bertz CT molecular complexity index is 602. The van der Waals surface area contributed by atoms with Gasteiger partial charge in [0.25, 0.3) is 0 Å². The summed E-state index contributed by atoms with van der Waals surface area (Å²) in [6, 6.07) is 0. The van der Waals surface area contributed by atoms with Gasteiger partial charge in [-0.1, -0.05) is 87.1 Å². The van der Waals surface area contributed by atoms with E-state index in [-0.39, 0.29) is 59.4 Å². The van der Waals surface area contributed by atoms with Crippen LogP contribution in [-0.2, 0) is 28.5 Å². The first-order valence-corrected chi connectivity index (χ1v) is 11.4. The summed E-state index contributed by atoms with van der Waals surface area (Å²) in [6.07, 6.45) is 1.01. The molecule has 0 N–H and O–H groups in total. The fourth-order valence-corrected chi connectivity index (χ4v) is 4.59. The molecule has 0 rings (SSSR count). The van der Waals surface area contributed by atoms with Crippen LogP contribution < -0.4 is 0 Å². The largest absolute Gasteiger partial charge is 0.459 e. The van der Waals surface area contributed by atoms with Gasteiger partial charge in [0.2, 0.25) is 0 Å². The Labute approximate surface area is 259 Å². The SMILES string of the molecule is C.C.C.C.C.C.C.C.CCC(C)(C(C)(C)OC)C(C)(C)OC(=O)CC(=O)OC(C)(C)C(C)(CC)C(C)(C)OC.O=O. The summed E-state index contributed by atoms with van der Waals surface area (Å²) in [6.45, 7) is 23.5. The maximum atomic E-state index is 12.7. The van der Waals surface area contributed by atoms with E-state index in [0.717, 1.165) is 12.8 Å². The highest BCUT2D eigenvalue weighted by atomic mass is 16.7. The van der Waals surface area contributed by atoms with Gasteiger partial charge in [-0.15, -0.1) is 0 Å². The minimum absolute atomic E-state index is 0. The molecule has 41 heavy (non-hydrogen) atoms. The molecule has 0 heterocycles. The van der Waals surface area contributed by atoms with Crippen molar-refractivity contribution in [2.75, 3.05) is 14.2 Å². The minimum atomic E-state index is -0.857. The molecule has 0 aliphatic carbocycles. The maximum absolute atomic E-state index is 12.7. The van der Waals surface area contributed by atoms with Crippen molar-refractivity contribution in [1.82, 2.24) is 0 Å². The molecule has 0 radical (unpaired) electrons. The molecule has 0 aromatic heterocycles. The molecule has 8 heteroatoms. The quantitative estimate of drug-likeness (QED) is 0.160. The lowest BCUT2D eigenvalue weighted by molar-refractivity contribution is -0.211. The van der Waals surface area contributed by atoms with Crippen molar-refractivity contribution in [3.63, 3.8) is 0 Å². The number of rotatable bonds is 12. The van der Waals surface area contributed by atoms with Crippen LogP contribution in [0.2, 0.25) is 0 Å². The van der Waals surface area contributed by atoms with E-state index in [0.29, 0.717) is 0 Å². The second kappa shape index (κ2) is 24.0. The lowest BCUT2D eigenvalue weighted by Crippen LogP contribution is -2.58. The monoisotopic (exact) mass is 605 g/mol. The number of carbonyl (C=O) groups excluding carboxylic acids is 2. The summed E-state index contributed by atoms with van der Waals surface area (Å²) in [5, 5.41) is 0. The first-order chi connectivity index (χ1) is 14.7. The van der Waals surface area contributed by atoms with Crippen molar-refractivity contribution in [3.05, 3.63) is 9.93 Å².